The third-order valence-electron chi connectivity index (χ3n) is 17.7. The average Bonchev–Trinajstić information content (AvgIpc) is 0.822. The number of rotatable bonds is 37. The van der Waals surface area contributed by atoms with E-state index in [4.69, 9.17) is 15.2 Å². The summed E-state index contributed by atoms with van der Waals surface area (Å²) in [4.78, 5) is 180. The Morgan fingerprint density at radius 3 is 1.54 bits per heavy atom. The fraction of sp³-hybridized carbons (Fsp3) is 0.662. The molecule has 548 valence electrons. The van der Waals surface area contributed by atoms with Crippen LogP contribution >= 0.6 is 0 Å². The molecule has 0 bridgehead atoms. The van der Waals surface area contributed by atoms with Gasteiger partial charge in [-0.2, -0.15) is 0 Å². The Labute approximate surface area is 580 Å². The number of aliphatic hydroxyl groups is 1. The van der Waals surface area contributed by atoms with E-state index in [-0.39, 0.29) is 50.5 Å². The molecular weight excluding hydrogens is 1260 g/mol. The zero-order valence-corrected chi connectivity index (χ0v) is 61.2. The van der Waals surface area contributed by atoms with Gasteiger partial charge in [0, 0.05) is 54.7 Å². The van der Waals surface area contributed by atoms with Crippen LogP contribution in [0, 0.1) is 17.8 Å². The van der Waals surface area contributed by atoms with Gasteiger partial charge in [-0.05, 0) is 115 Å². The number of aliphatic hydroxyl groups excluding tert-OH is 1. The number of likely N-dealkylation sites (tertiary alicyclic amines) is 1. The largest absolute Gasteiger partial charge is 0.492 e. The van der Waals surface area contributed by atoms with Crippen molar-refractivity contribution >= 4 is 71.4 Å². The molecule has 0 aliphatic carbocycles. The Hall–Kier alpha value is -8.04. The van der Waals surface area contributed by atoms with Gasteiger partial charge < -0.3 is 75.8 Å². The predicted molar refractivity (Wildman–Crippen MR) is 371 cm³/mol. The highest BCUT2D eigenvalue weighted by molar-refractivity contribution is 6.03. The van der Waals surface area contributed by atoms with Crippen LogP contribution in [0.25, 0.3) is 0 Å². The van der Waals surface area contributed by atoms with Gasteiger partial charge >= 0.3 is 6.03 Å². The molecule has 1 saturated heterocycles. The number of carbonyl (C=O) groups is 12. The van der Waals surface area contributed by atoms with E-state index in [1.165, 1.54) is 68.7 Å². The van der Waals surface area contributed by atoms with Gasteiger partial charge in [0.25, 0.3) is 11.8 Å². The number of amides is 12. The highest BCUT2D eigenvalue weighted by Crippen LogP contribution is 2.23. The van der Waals surface area contributed by atoms with Crippen LogP contribution < -0.4 is 31.7 Å². The topological polar surface area (TPSA) is 340 Å². The van der Waals surface area contributed by atoms with Crippen LogP contribution in [-0.2, 0) is 63.9 Å². The normalized spacial score (nSPS) is 16.1. The predicted octanol–water partition coefficient (Wildman–Crippen LogP) is 3.52. The van der Waals surface area contributed by atoms with Crippen molar-refractivity contribution < 1.29 is 72.1 Å². The molecule has 98 heavy (non-hydrogen) atoms. The van der Waals surface area contributed by atoms with Gasteiger partial charge in [0.05, 0.1) is 30.9 Å². The molecule has 0 aromatic heterocycles. The molecule has 0 radical (unpaired) electrons. The number of nitrogens with zero attached hydrogens (tertiary/aromatic N) is 7. The highest BCUT2D eigenvalue weighted by atomic mass is 16.5. The van der Waals surface area contributed by atoms with Gasteiger partial charge in [0.1, 0.15) is 60.7 Å². The zero-order chi connectivity index (χ0) is 74.1. The van der Waals surface area contributed by atoms with Gasteiger partial charge in [0.2, 0.25) is 47.3 Å². The smallest absolute Gasteiger partial charge is 0.325 e. The monoisotopic (exact) mass is 1370 g/mol. The molecule has 2 aromatic rings. The van der Waals surface area contributed by atoms with Crippen LogP contribution in [0.3, 0.4) is 0 Å². The summed E-state index contributed by atoms with van der Waals surface area (Å²) in [5, 5.41) is 22.0. The molecule has 4 unspecified atom stereocenters. The van der Waals surface area contributed by atoms with E-state index in [9.17, 15) is 48.3 Å². The minimum Gasteiger partial charge on any atom is -0.492 e. The summed E-state index contributed by atoms with van der Waals surface area (Å²) in [6.07, 6.45) is 1.72. The molecule has 27 heteroatoms. The van der Waals surface area contributed by atoms with Crippen LogP contribution in [0.1, 0.15) is 147 Å². The number of hydrogen-bond donors (Lipinski definition) is 6. The van der Waals surface area contributed by atoms with E-state index in [2.05, 4.69) is 21.3 Å². The van der Waals surface area contributed by atoms with Crippen LogP contribution in [0.4, 0.5) is 4.79 Å². The quantitative estimate of drug-likeness (QED) is 0.0416. The Balaban J connectivity index is 2.04. The van der Waals surface area contributed by atoms with Crippen molar-refractivity contribution in [3.63, 3.8) is 0 Å². The summed E-state index contributed by atoms with van der Waals surface area (Å²) < 4.78 is 12.1. The highest BCUT2D eigenvalue weighted by Gasteiger charge is 2.44. The van der Waals surface area contributed by atoms with E-state index < -0.39 is 156 Å². The van der Waals surface area contributed by atoms with Crippen molar-refractivity contribution in [3.05, 3.63) is 66.2 Å². The molecule has 1 aliphatic rings. The molecule has 1 fully saturated rings. The number of hydrogen-bond acceptors (Lipinski definition) is 16. The Bertz CT molecular complexity index is 2960. The van der Waals surface area contributed by atoms with Gasteiger partial charge in [-0.3, -0.25) is 52.8 Å². The third-order valence-corrected chi connectivity index (χ3v) is 17.7. The molecule has 27 nitrogen and oxygen atoms in total. The lowest BCUT2D eigenvalue weighted by atomic mass is 9.95. The van der Waals surface area contributed by atoms with Crippen molar-refractivity contribution in [1.29, 1.82) is 0 Å². The van der Waals surface area contributed by atoms with E-state index in [1.807, 2.05) is 27.7 Å². The number of benzene rings is 2. The molecule has 2 aromatic carbocycles. The minimum absolute atomic E-state index is 0.0381. The van der Waals surface area contributed by atoms with Gasteiger partial charge in [-0.25, -0.2) is 4.79 Å². The van der Waals surface area contributed by atoms with E-state index in [1.54, 1.807) is 109 Å². The first-order valence-electron chi connectivity index (χ1n) is 34.4. The van der Waals surface area contributed by atoms with Gasteiger partial charge in [0.15, 0.2) is 12.3 Å². The molecular formula is C71H114N12O15. The van der Waals surface area contributed by atoms with Crippen molar-refractivity contribution in [2.75, 3.05) is 68.1 Å². The number of para-hydroxylation sites is 1. The second kappa shape index (κ2) is 40.1. The summed E-state index contributed by atoms with van der Waals surface area (Å²) >= 11 is 0. The summed E-state index contributed by atoms with van der Waals surface area (Å²) in [5.74, 6) is -7.81. The van der Waals surface area contributed by atoms with Gasteiger partial charge in [-0.1, -0.05) is 110 Å². The zero-order valence-electron chi connectivity index (χ0n) is 61.2. The van der Waals surface area contributed by atoms with E-state index in [0.717, 1.165) is 34.0 Å². The first-order chi connectivity index (χ1) is 46.0. The third kappa shape index (κ3) is 24.7. The SMILES string of the molecule is CCC(C(=O)N(C)[C@@H](CC(C)C)C(=O)NC(COC(C)(C)C)C(=O)N(C)[C@@H](Cc1ccccc1)C(=O)N(C)[C@@H](CC)C(=O)N[C@@H](C=O)C(=O)N1CCCCC1)N(C)C(=O)C(NC(=O)N(CCOc1ccccc1)C(=O)[C@@H](NC(=O)[C@H](CC(C)C)N(C)C(=O)C(C)N)[C@@H](C)CC)[C@@H](C)O. The number of aldehydes is 1. The van der Waals surface area contributed by atoms with E-state index >= 15 is 14.4 Å². The average molecular weight is 1380 g/mol. The molecule has 1 aliphatic heterocycles. The summed E-state index contributed by atoms with van der Waals surface area (Å²) in [6.45, 7) is 21.9. The molecule has 12 atom stereocenters. The minimum atomic E-state index is -1.80. The molecule has 3 rings (SSSR count). The van der Waals surface area contributed by atoms with Crippen molar-refractivity contribution in [3.8, 4) is 5.75 Å². The number of nitrogens with two attached hydrogens (primary N) is 1. The molecule has 1 heterocycles. The second-order valence-corrected chi connectivity index (χ2v) is 27.6. The standard InChI is InChI=1S/C71H114N12O15/c1-19-46(8)58(75-62(88)56(40-45(6)7)79(16)63(89)47(9)72)69(95)83(37-38-97-50-33-27-23-28-34-50)70(96)76-59(48(10)85)68(94)78(15)54(21-3)66(92)80(17)55(39-44(4)5)61(87)74-52(43-98-71(11,12)13)64(90)81(18)57(41-49-31-25-22-26-32-49)67(93)77(14)53(20-2)60(86)73-51(42-84)65(91)82-35-29-24-30-36-82/h22-23,25-28,31-34,42,44-48,51-59,85H,19-21,24,29-30,35-41,43,72H2,1-18H3,(H,73,86)(H,74,87)(H,75,88)(H,76,96)/t46-,47?,48+,51-,52?,53-,54?,55-,56-,57-,58-,59?/m0/s1. The van der Waals surface area contributed by atoms with Crippen molar-refractivity contribution in [2.24, 2.45) is 23.5 Å². The van der Waals surface area contributed by atoms with Crippen molar-refractivity contribution in [2.45, 2.75) is 220 Å². The molecule has 12 amide bonds. The lowest BCUT2D eigenvalue weighted by molar-refractivity contribution is -0.152. The molecule has 0 spiro atoms. The number of piperidine rings is 1. The second-order valence-electron chi connectivity index (χ2n) is 27.6. The first kappa shape index (κ1) is 84.2. The number of urea groups is 1. The Kier molecular flexibility index (Phi) is 34.5. The Morgan fingerprint density at radius 1 is 0.571 bits per heavy atom. The summed E-state index contributed by atoms with van der Waals surface area (Å²) in [7, 11) is 6.90. The fourth-order valence-electron chi connectivity index (χ4n) is 11.5. The van der Waals surface area contributed by atoms with Crippen LogP contribution in [0.15, 0.2) is 60.7 Å². The van der Waals surface area contributed by atoms with Crippen LogP contribution in [0.2, 0.25) is 0 Å². The summed E-state index contributed by atoms with van der Waals surface area (Å²) in [5.41, 5.74) is 5.72. The van der Waals surface area contributed by atoms with Gasteiger partial charge in [-0.15, -0.1) is 0 Å². The lowest BCUT2D eigenvalue weighted by Crippen LogP contribution is -2.63. The van der Waals surface area contributed by atoms with Crippen molar-refractivity contribution in [1.82, 2.24) is 55.6 Å². The number of carbonyl (C=O) groups excluding carboxylic acids is 12. The number of likely N-dealkylation sites (N-methyl/N-ethyl adjacent to an activating group) is 5. The van der Waals surface area contributed by atoms with Crippen LogP contribution in [-0.4, -0.2) is 251 Å². The maximum absolute atomic E-state index is 15.2. The molecule has 7 N–H and O–H groups in total. The maximum atomic E-state index is 15.2. The summed E-state index contributed by atoms with van der Waals surface area (Å²) in [6, 6.07) is 2.97. The number of nitrogens with one attached hydrogen (secondary N) is 4. The number of imide groups is 1. The first-order valence-corrected chi connectivity index (χ1v) is 34.4. The lowest BCUT2D eigenvalue weighted by Gasteiger charge is -2.38. The van der Waals surface area contributed by atoms with Crippen LogP contribution in [0.5, 0.6) is 5.75 Å². The molecule has 0 saturated carbocycles. The van der Waals surface area contributed by atoms with E-state index in [0.29, 0.717) is 37.1 Å². The maximum Gasteiger partial charge on any atom is 0.325 e. The Morgan fingerprint density at radius 2 is 1.05 bits per heavy atom. The number of ether oxygens (including phenoxy) is 2. The fourth-order valence-corrected chi connectivity index (χ4v) is 11.5.